The highest BCUT2D eigenvalue weighted by molar-refractivity contribution is 7.80. The van der Waals surface area contributed by atoms with Crippen molar-refractivity contribution in [1.82, 2.24) is 19.9 Å². The molecular formula is C23H18ClN5S. The normalized spacial score (nSPS) is 18.4. The molecule has 5 rings (SSSR count). The van der Waals surface area contributed by atoms with Gasteiger partial charge in [-0.25, -0.2) is 4.98 Å². The van der Waals surface area contributed by atoms with Crippen molar-refractivity contribution in [1.29, 1.82) is 0 Å². The lowest BCUT2D eigenvalue weighted by Gasteiger charge is -2.28. The van der Waals surface area contributed by atoms with Gasteiger partial charge in [-0.3, -0.25) is 4.98 Å². The van der Waals surface area contributed by atoms with Crippen LogP contribution in [0.4, 0.5) is 5.69 Å². The molecule has 7 heteroatoms. The molecule has 1 saturated heterocycles. The van der Waals surface area contributed by atoms with Crippen LogP contribution in [-0.2, 0) is 0 Å². The summed E-state index contributed by atoms with van der Waals surface area (Å²) in [6.07, 6.45) is 5.62. The fraction of sp³-hybridized carbons (Fsp3) is 0.0870. The van der Waals surface area contributed by atoms with Crippen LogP contribution in [0.1, 0.15) is 23.5 Å². The maximum Gasteiger partial charge on any atom is 0.174 e. The van der Waals surface area contributed by atoms with Gasteiger partial charge in [0.1, 0.15) is 11.9 Å². The van der Waals surface area contributed by atoms with Gasteiger partial charge >= 0.3 is 0 Å². The summed E-state index contributed by atoms with van der Waals surface area (Å²) in [7, 11) is 0. The number of aromatic nitrogens is 3. The second kappa shape index (κ2) is 7.89. The topological polar surface area (TPSA) is 46.0 Å². The monoisotopic (exact) mass is 431 g/mol. The van der Waals surface area contributed by atoms with Crippen molar-refractivity contribution >= 4 is 34.6 Å². The van der Waals surface area contributed by atoms with Crippen molar-refractivity contribution < 1.29 is 0 Å². The predicted octanol–water partition coefficient (Wildman–Crippen LogP) is 5.10. The van der Waals surface area contributed by atoms with E-state index in [-0.39, 0.29) is 12.1 Å². The minimum Gasteiger partial charge on any atom is -0.351 e. The Balaban J connectivity index is 1.67. The van der Waals surface area contributed by atoms with E-state index in [1.807, 2.05) is 72.9 Å². The van der Waals surface area contributed by atoms with Crippen LogP contribution >= 0.6 is 23.8 Å². The van der Waals surface area contributed by atoms with Crippen LogP contribution in [0.3, 0.4) is 0 Å². The summed E-state index contributed by atoms with van der Waals surface area (Å²) in [6, 6.07) is 23.4. The highest BCUT2D eigenvalue weighted by atomic mass is 35.5. The molecule has 148 valence electrons. The third-order valence-electron chi connectivity index (χ3n) is 5.18. The Morgan fingerprint density at radius 3 is 2.33 bits per heavy atom. The Bertz CT molecular complexity index is 1160. The standard InChI is InChI=1S/C23H18ClN5S/c24-16-9-11-17(12-10-16)29-22(21(27-23(29)30)18-6-1-3-13-25-18)19-7-5-15-28(19)20-8-2-4-14-26-20/h1-15,21-22H,(H,27,30)/t21-,22-/m0/s1. The van der Waals surface area contributed by atoms with Crippen LogP contribution in [0, 0.1) is 0 Å². The molecule has 30 heavy (non-hydrogen) atoms. The lowest BCUT2D eigenvalue weighted by molar-refractivity contribution is 0.548. The Kier molecular flexibility index (Phi) is 4.94. The third-order valence-corrected chi connectivity index (χ3v) is 5.75. The molecule has 0 unspecified atom stereocenters. The van der Waals surface area contributed by atoms with Crippen molar-refractivity contribution in [2.45, 2.75) is 12.1 Å². The number of thiocarbonyl (C=S) groups is 1. The van der Waals surface area contributed by atoms with Crippen LogP contribution in [0.15, 0.2) is 91.4 Å². The first kappa shape index (κ1) is 18.8. The van der Waals surface area contributed by atoms with Crippen LogP contribution < -0.4 is 10.2 Å². The summed E-state index contributed by atoms with van der Waals surface area (Å²) in [5.41, 5.74) is 2.95. The van der Waals surface area contributed by atoms with E-state index in [1.165, 1.54) is 0 Å². The number of anilines is 1. The van der Waals surface area contributed by atoms with Gasteiger partial charge in [0, 0.05) is 35.0 Å². The van der Waals surface area contributed by atoms with E-state index in [0.717, 1.165) is 22.9 Å². The number of hydrogen-bond acceptors (Lipinski definition) is 3. The van der Waals surface area contributed by atoms with Crippen molar-refractivity contribution in [3.05, 3.63) is 108 Å². The SMILES string of the molecule is S=C1N[C@@H](c2ccccn2)[C@H](c2cccn2-c2ccccn2)N1c1ccc(Cl)cc1. The maximum absolute atomic E-state index is 6.13. The van der Waals surface area contributed by atoms with Crippen molar-refractivity contribution in [2.75, 3.05) is 4.90 Å². The van der Waals surface area contributed by atoms with Gasteiger partial charge in [-0.15, -0.1) is 0 Å². The Labute approximate surface area is 185 Å². The van der Waals surface area contributed by atoms with E-state index in [4.69, 9.17) is 23.8 Å². The number of pyridine rings is 2. The van der Waals surface area contributed by atoms with Crippen LogP contribution in [0.25, 0.3) is 5.82 Å². The minimum absolute atomic E-state index is 0.119. The summed E-state index contributed by atoms with van der Waals surface area (Å²) in [6.45, 7) is 0. The molecule has 0 spiro atoms. The van der Waals surface area contributed by atoms with E-state index in [1.54, 1.807) is 12.4 Å². The third kappa shape index (κ3) is 3.34. The van der Waals surface area contributed by atoms with Gasteiger partial charge in [-0.1, -0.05) is 23.7 Å². The number of nitrogens with one attached hydrogen (secondary N) is 1. The molecule has 5 nitrogen and oxygen atoms in total. The molecule has 3 aromatic heterocycles. The summed E-state index contributed by atoms with van der Waals surface area (Å²) in [5, 5.41) is 4.81. The molecule has 0 radical (unpaired) electrons. The number of halogens is 1. The maximum atomic E-state index is 6.13. The molecule has 0 amide bonds. The number of rotatable bonds is 4. The lowest BCUT2D eigenvalue weighted by Crippen LogP contribution is -2.30. The molecule has 0 bridgehead atoms. The van der Waals surface area contributed by atoms with Gasteiger partial charge in [0.05, 0.1) is 11.7 Å². The van der Waals surface area contributed by atoms with E-state index >= 15 is 0 Å². The van der Waals surface area contributed by atoms with Crippen LogP contribution in [-0.4, -0.2) is 19.6 Å². The Hall–Kier alpha value is -3.22. The van der Waals surface area contributed by atoms with Crippen LogP contribution in [0.2, 0.25) is 5.02 Å². The Morgan fingerprint density at radius 1 is 0.867 bits per heavy atom. The van der Waals surface area contributed by atoms with Crippen molar-refractivity contribution in [3.63, 3.8) is 0 Å². The molecule has 4 heterocycles. The van der Waals surface area contributed by atoms with E-state index < -0.39 is 0 Å². The van der Waals surface area contributed by atoms with E-state index in [9.17, 15) is 0 Å². The second-order valence-corrected chi connectivity index (χ2v) is 7.79. The summed E-state index contributed by atoms with van der Waals surface area (Å²) in [5.74, 6) is 0.853. The van der Waals surface area contributed by atoms with Gasteiger partial charge in [0.2, 0.25) is 0 Å². The summed E-state index contributed by atoms with van der Waals surface area (Å²) >= 11 is 11.9. The summed E-state index contributed by atoms with van der Waals surface area (Å²) in [4.78, 5) is 11.3. The quantitative estimate of drug-likeness (QED) is 0.455. The van der Waals surface area contributed by atoms with Gasteiger partial charge in [-0.2, -0.15) is 0 Å². The van der Waals surface area contributed by atoms with Crippen LogP contribution in [0.5, 0.6) is 0 Å². The second-order valence-electron chi connectivity index (χ2n) is 6.96. The zero-order chi connectivity index (χ0) is 20.5. The molecule has 0 saturated carbocycles. The fourth-order valence-corrected chi connectivity index (χ4v) is 4.35. The Morgan fingerprint density at radius 2 is 1.63 bits per heavy atom. The van der Waals surface area contributed by atoms with Gasteiger partial charge in [0.25, 0.3) is 0 Å². The molecule has 1 fully saturated rings. The molecule has 1 aliphatic heterocycles. The first-order valence-corrected chi connectivity index (χ1v) is 10.4. The predicted molar refractivity (Wildman–Crippen MR) is 123 cm³/mol. The molecule has 4 aromatic rings. The summed E-state index contributed by atoms with van der Waals surface area (Å²) < 4.78 is 2.10. The molecule has 1 N–H and O–H groups in total. The number of hydrogen-bond donors (Lipinski definition) is 1. The largest absolute Gasteiger partial charge is 0.351 e. The smallest absolute Gasteiger partial charge is 0.174 e. The number of nitrogens with zero attached hydrogens (tertiary/aromatic N) is 4. The number of benzene rings is 1. The van der Waals surface area contributed by atoms with E-state index in [0.29, 0.717) is 10.1 Å². The molecule has 1 aliphatic rings. The van der Waals surface area contributed by atoms with E-state index in [2.05, 4.69) is 30.8 Å². The average molecular weight is 432 g/mol. The first-order valence-electron chi connectivity index (χ1n) is 9.57. The van der Waals surface area contributed by atoms with Gasteiger partial charge in [0.15, 0.2) is 5.11 Å². The molecule has 1 aromatic carbocycles. The highest BCUT2D eigenvalue weighted by Crippen LogP contribution is 2.42. The molecule has 0 aliphatic carbocycles. The van der Waals surface area contributed by atoms with Crippen molar-refractivity contribution in [3.8, 4) is 5.82 Å². The zero-order valence-electron chi connectivity index (χ0n) is 15.9. The van der Waals surface area contributed by atoms with Crippen molar-refractivity contribution in [2.24, 2.45) is 0 Å². The minimum atomic E-state index is -0.120. The first-order chi connectivity index (χ1) is 14.7. The van der Waals surface area contributed by atoms with Gasteiger partial charge < -0.3 is 14.8 Å². The zero-order valence-corrected chi connectivity index (χ0v) is 17.5. The molecule has 2 atom stereocenters. The fourth-order valence-electron chi connectivity index (χ4n) is 3.88. The highest BCUT2D eigenvalue weighted by Gasteiger charge is 2.42. The lowest BCUT2D eigenvalue weighted by atomic mass is 10.0. The molecular weight excluding hydrogens is 414 g/mol. The average Bonchev–Trinajstić information content (AvgIpc) is 3.40. The van der Waals surface area contributed by atoms with Gasteiger partial charge in [-0.05, 0) is 72.9 Å².